The minimum absolute atomic E-state index is 0.0141. The zero-order chi connectivity index (χ0) is 39.8. The Morgan fingerprint density at radius 2 is 0.962 bits per heavy atom. The van der Waals surface area contributed by atoms with Crippen molar-refractivity contribution in [1.29, 1.82) is 0 Å². The van der Waals surface area contributed by atoms with E-state index in [2.05, 4.69) is 134 Å². The molecule has 6 heteroatoms. The zero-order valence-corrected chi connectivity index (χ0v) is 36.6. The number of pyridine rings is 3. The van der Waals surface area contributed by atoms with Crippen LogP contribution in [0.3, 0.4) is 0 Å². The van der Waals surface area contributed by atoms with E-state index in [0.29, 0.717) is 12.7 Å². The second-order valence-corrected chi connectivity index (χ2v) is 20.6. The van der Waals surface area contributed by atoms with Crippen molar-refractivity contribution in [3.8, 4) is 17.6 Å². The van der Waals surface area contributed by atoms with Crippen LogP contribution < -0.4 is 14.2 Å². The molecule has 0 saturated heterocycles. The lowest BCUT2D eigenvalue weighted by atomic mass is 9.65. The third-order valence-electron chi connectivity index (χ3n) is 11.3. The van der Waals surface area contributed by atoms with Crippen LogP contribution in [0.4, 0.5) is 0 Å². The van der Waals surface area contributed by atoms with Gasteiger partial charge in [-0.25, -0.2) is 15.0 Å². The van der Waals surface area contributed by atoms with Crippen molar-refractivity contribution in [3.63, 3.8) is 0 Å². The van der Waals surface area contributed by atoms with Crippen LogP contribution in [0.15, 0.2) is 36.8 Å². The minimum Gasteiger partial charge on any atom is -0.478 e. The highest BCUT2D eigenvalue weighted by molar-refractivity contribution is 5.47. The second kappa shape index (κ2) is 15.5. The summed E-state index contributed by atoms with van der Waals surface area (Å²) in [6, 6.07) is 6.67. The molecule has 1 aliphatic carbocycles. The van der Waals surface area contributed by atoms with Gasteiger partial charge in [0.1, 0.15) is 6.10 Å². The fourth-order valence-electron chi connectivity index (χ4n) is 7.87. The molecule has 1 saturated carbocycles. The van der Waals surface area contributed by atoms with Gasteiger partial charge in [0.25, 0.3) is 0 Å². The number of hydrogen-bond donors (Lipinski definition) is 0. The van der Waals surface area contributed by atoms with Crippen LogP contribution >= 0.6 is 0 Å². The molecule has 4 rings (SSSR count). The fourth-order valence-corrected chi connectivity index (χ4v) is 7.87. The van der Waals surface area contributed by atoms with E-state index >= 15 is 0 Å². The van der Waals surface area contributed by atoms with Gasteiger partial charge < -0.3 is 14.2 Å². The van der Waals surface area contributed by atoms with E-state index in [4.69, 9.17) is 24.2 Å². The van der Waals surface area contributed by atoms with Crippen LogP contribution in [0.2, 0.25) is 0 Å². The summed E-state index contributed by atoms with van der Waals surface area (Å²) in [6.07, 6.45) is 12.2. The van der Waals surface area contributed by atoms with Crippen LogP contribution in [0.5, 0.6) is 17.6 Å². The monoisotopic (exact) mass is 728 g/mol. The average Bonchev–Trinajstić information content (AvgIpc) is 3.86. The van der Waals surface area contributed by atoms with Gasteiger partial charge >= 0.3 is 0 Å². The number of hydrogen-bond acceptors (Lipinski definition) is 6. The minimum atomic E-state index is -0.219. The van der Waals surface area contributed by atoms with Gasteiger partial charge in [-0.2, -0.15) is 0 Å². The van der Waals surface area contributed by atoms with E-state index in [-0.39, 0.29) is 38.6 Å². The van der Waals surface area contributed by atoms with E-state index < -0.39 is 0 Å². The van der Waals surface area contributed by atoms with Gasteiger partial charge in [0.2, 0.25) is 17.6 Å². The highest BCUT2D eigenvalue weighted by atomic mass is 16.5. The van der Waals surface area contributed by atoms with Crippen molar-refractivity contribution in [1.82, 2.24) is 15.0 Å². The van der Waals surface area contributed by atoms with Gasteiger partial charge in [0.05, 0.1) is 12.7 Å². The summed E-state index contributed by atoms with van der Waals surface area (Å²) in [5.74, 6) is 2.33. The standard InChI is InChI=1S/C47H73N3O3/c1-18-51-39-36(43(7,8)9)34(22-29-48-39)44(10,11)24-27-47(16,17)38-35(23-30-49-40(38)52-31(2)3)45(12,13)25-26-46(14,15)37-33(42(4,5)6)21-28-50-41(37)53-32-19-20-32/h21-23,28-32H,18-20,24-27H2,1-17H3. The van der Waals surface area contributed by atoms with Crippen molar-refractivity contribution in [2.45, 2.75) is 201 Å². The Morgan fingerprint density at radius 1 is 0.547 bits per heavy atom. The van der Waals surface area contributed by atoms with Crippen LogP contribution in [0.1, 0.15) is 190 Å². The number of ether oxygens (including phenoxy) is 3. The van der Waals surface area contributed by atoms with Crippen molar-refractivity contribution in [3.05, 3.63) is 70.2 Å². The van der Waals surface area contributed by atoms with Crippen LogP contribution in [0, 0.1) is 0 Å². The number of aromatic nitrogens is 3. The molecule has 294 valence electrons. The zero-order valence-electron chi connectivity index (χ0n) is 36.6. The molecule has 0 amide bonds. The molecule has 53 heavy (non-hydrogen) atoms. The molecule has 6 nitrogen and oxygen atoms in total. The molecule has 3 aromatic heterocycles. The van der Waals surface area contributed by atoms with E-state index in [1.807, 2.05) is 25.5 Å². The summed E-state index contributed by atoms with van der Waals surface area (Å²) < 4.78 is 19.1. The van der Waals surface area contributed by atoms with Gasteiger partial charge in [0, 0.05) is 35.3 Å². The molecule has 0 unspecified atom stereocenters. The maximum atomic E-state index is 6.56. The van der Waals surface area contributed by atoms with Crippen molar-refractivity contribution < 1.29 is 14.2 Å². The molecule has 0 atom stereocenters. The highest BCUT2D eigenvalue weighted by Crippen LogP contribution is 2.49. The molecule has 0 spiro atoms. The summed E-state index contributed by atoms with van der Waals surface area (Å²) in [4.78, 5) is 14.4. The molecule has 0 radical (unpaired) electrons. The Labute approximate surface area is 323 Å². The first-order valence-corrected chi connectivity index (χ1v) is 20.3. The molecule has 3 heterocycles. The van der Waals surface area contributed by atoms with E-state index in [0.717, 1.165) is 56.2 Å². The molecule has 1 aliphatic rings. The van der Waals surface area contributed by atoms with E-state index in [9.17, 15) is 0 Å². The lowest BCUT2D eigenvalue weighted by molar-refractivity contribution is 0.221. The Morgan fingerprint density at radius 3 is 1.40 bits per heavy atom. The quantitative estimate of drug-likeness (QED) is 0.146. The number of rotatable bonds is 16. The predicted octanol–water partition coefficient (Wildman–Crippen LogP) is 12.3. The second-order valence-electron chi connectivity index (χ2n) is 20.6. The molecular formula is C47H73N3O3. The van der Waals surface area contributed by atoms with Crippen molar-refractivity contribution in [2.24, 2.45) is 0 Å². The largest absolute Gasteiger partial charge is 0.478 e. The smallest absolute Gasteiger partial charge is 0.217 e. The first-order valence-electron chi connectivity index (χ1n) is 20.3. The average molecular weight is 728 g/mol. The van der Waals surface area contributed by atoms with E-state index in [1.54, 1.807) is 0 Å². The van der Waals surface area contributed by atoms with Gasteiger partial charge in [-0.05, 0) is 127 Å². The predicted molar refractivity (Wildman–Crippen MR) is 221 cm³/mol. The Bertz CT molecular complexity index is 1700. The molecular weight excluding hydrogens is 655 g/mol. The van der Waals surface area contributed by atoms with E-state index in [1.165, 1.54) is 33.4 Å². The summed E-state index contributed by atoms with van der Waals surface area (Å²) in [6.45, 7) is 39.6. The highest BCUT2D eigenvalue weighted by Gasteiger charge is 2.40. The summed E-state index contributed by atoms with van der Waals surface area (Å²) in [7, 11) is 0. The molecule has 0 N–H and O–H groups in total. The summed E-state index contributed by atoms with van der Waals surface area (Å²) in [5.41, 5.74) is 6.84. The SMILES string of the molecule is CCOc1nccc(C(C)(C)CCC(C)(C)c2c(C(C)(C)CCC(C)(C)c3c(C(C)(C)C)ccnc3OC3CC3)ccnc2OC(C)C)c1C(C)(C)C. The first-order chi connectivity index (χ1) is 24.3. The summed E-state index contributed by atoms with van der Waals surface area (Å²) in [5, 5.41) is 0. The van der Waals surface area contributed by atoms with Crippen LogP contribution in [0.25, 0.3) is 0 Å². The molecule has 0 aromatic carbocycles. The Kier molecular flexibility index (Phi) is 12.5. The van der Waals surface area contributed by atoms with Gasteiger partial charge in [-0.3, -0.25) is 0 Å². The van der Waals surface area contributed by atoms with Crippen molar-refractivity contribution in [2.75, 3.05) is 6.61 Å². The van der Waals surface area contributed by atoms with Gasteiger partial charge in [0.15, 0.2) is 0 Å². The number of nitrogens with zero attached hydrogens (tertiary/aromatic N) is 3. The molecule has 1 fully saturated rings. The van der Waals surface area contributed by atoms with Crippen molar-refractivity contribution >= 4 is 0 Å². The Hall–Kier alpha value is -3.15. The lowest BCUT2D eigenvalue weighted by Gasteiger charge is -2.40. The maximum Gasteiger partial charge on any atom is 0.217 e. The molecule has 0 aliphatic heterocycles. The third kappa shape index (κ3) is 10.1. The Balaban J connectivity index is 1.72. The third-order valence-corrected chi connectivity index (χ3v) is 11.3. The molecule has 0 bridgehead atoms. The molecule has 3 aromatic rings. The normalized spacial score (nSPS) is 14.8. The fraction of sp³-hybridized carbons (Fsp3) is 0.681. The summed E-state index contributed by atoms with van der Waals surface area (Å²) >= 11 is 0. The van der Waals surface area contributed by atoms with Gasteiger partial charge in [-0.15, -0.1) is 0 Å². The van der Waals surface area contributed by atoms with Gasteiger partial charge in [-0.1, -0.05) is 96.9 Å². The first kappa shape index (κ1) is 42.6. The topological polar surface area (TPSA) is 66.4 Å². The lowest BCUT2D eigenvalue weighted by Crippen LogP contribution is -2.33. The van der Waals surface area contributed by atoms with Crippen LogP contribution in [-0.4, -0.2) is 33.8 Å². The maximum absolute atomic E-state index is 6.56. The van der Waals surface area contributed by atoms with Crippen LogP contribution in [-0.2, 0) is 32.5 Å².